The molecule has 80 valence electrons. The molecule has 5 nitrogen and oxygen atoms in total. The standard InChI is InChI=1S/C10H12N2O3/c13-7-1-3-10(4-2-7,9(14)15)8-11-5-6-12-8/h5-6H,1-4H2,(H,11,12)(H,14,15). The lowest BCUT2D eigenvalue weighted by molar-refractivity contribution is -0.146. The van der Waals surface area contributed by atoms with Crippen LogP contribution in [0.15, 0.2) is 12.4 Å². The molecule has 1 aliphatic rings. The molecule has 1 fully saturated rings. The summed E-state index contributed by atoms with van der Waals surface area (Å²) in [6.07, 6.45) is 4.48. The zero-order valence-corrected chi connectivity index (χ0v) is 8.19. The molecule has 1 aliphatic carbocycles. The van der Waals surface area contributed by atoms with Crippen molar-refractivity contribution in [3.05, 3.63) is 18.2 Å². The van der Waals surface area contributed by atoms with E-state index in [0.29, 0.717) is 31.5 Å². The van der Waals surface area contributed by atoms with Gasteiger partial charge in [-0.3, -0.25) is 9.59 Å². The Labute approximate surface area is 86.5 Å². The number of aromatic nitrogens is 2. The summed E-state index contributed by atoms with van der Waals surface area (Å²) in [5.74, 6) is -0.300. The maximum absolute atomic E-state index is 11.3. The van der Waals surface area contributed by atoms with Gasteiger partial charge in [-0.2, -0.15) is 0 Å². The van der Waals surface area contributed by atoms with Gasteiger partial charge in [0.1, 0.15) is 17.0 Å². The minimum atomic E-state index is -0.989. The number of nitrogens with one attached hydrogen (secondary N) is 1. The summed E-state index contributed by atoms with van der Waals surface area (Å²) >= 11 is 0. The summed E-state index contributed by atoms with van der Waals surface area (Å²) in [5, 5.41) is 9.28. The molecule has 0 bridgehead atoms. The smallest absolute Gasteiger partial charge is 0.317 e. The Morgan fingerprint density at radius 1 is 1.47 bits per heavy atom. The number of carbonyl (C=O) groups excluding carboxylic acids is 1. The number of imidazole rings is 1. The summed E-state index contributed by atoms with van der Waals surface area (Å²) in [6, 6.07) is 0. The molecule has 2 rings (SSSR count). The minimum absolute atomic E-state index is 0.137. The highest BCUT2D eigenvalue weighted by Gasteiger charge is 2.45. The largest absolute Gasteiger partial charge is 0.480 e. The third-order valence-electron chi connectivity index (χ3n) is 3.02. The third-order valence-corrected chi connectivity index (χ3v) is 3.02. The number of ketones is 1. The van der Waals surface area contributed by atoms with Crippen LogP contribution in [0.3, 0.4) is 0 Å². The van der Waals surface area contributed by atoms with E-state index in [9.17, 15) is 14.7 Å². The summed E-state index contributed by atoms with van der Waals surface area (Å²) in [5.41, 5.74) is -0.989. The van der Waals surface area contributed by atoms with Crippen molar-refractivity contribution in [2.75, 3.05) is 0 Å². The molecule has 0 saturated heterocycles. The molecule has 0 amide bonds. The highest BCUT2D eigenvalue weighted by atomic mass is 16.4. The van der Waals surface area contributed by atoms with Crippen LogP contribution in [-0.2, 0) is 15.0 Å². The molecule has 0 radical (unpaired) electrons. The van der Waals surface area contributed by atoms with Gasteiger partial charge in [-0.05, 0) is 12.8 Å². The number of hydrogen-bond acceptors (Lipinski definition) is 3. The number of carboxylic acids is 1. The van der Waals surface area contributed by atoms with Crippen molar-refractivity contribution in [2.45, 2.75) is 31.1 Å². The number of carboxylic acid groups (broad SMARTS) is 1. The second-order valence-electron chi connectivity index (χ2n) is 3.86. The fraction of sp³-hybridized carbons (Fsp3) is 0.500. The van der Waals surface area contributed by atoms with Crippen molar-refractivity contribution in [1.82, 2.24) is 9.97 Å². The van der Waals surface area contributed by atoms with Gasteiger partial charge in [-0.25, -0.2) is 4.98 Å². The zero-order valence-electron chi connectivity index (χ0n) is 8.19. The predicted molar refractivity (Wildman–Crippen MR) is 51.4 cm³/mol. The van der Waals surface area contributed by atoms with Crippen LogP contribution in [0.4, 0.5) is 0 Å². The first-order chi connectivity index (χ1) is 7.15. The molecule has 0 unspecified atom stereocenters. The summed E-state index contributed by atoms with van der Waals surface area (Å²) in [7, 11) is 0. The maximum atomic E-state index is 11.3. The molecule has 1 aromatic heterocycles. The molecular weight excluding hydrogens is 196 g/mol. The molecule has 2 N–H and O–H groups in total. The monoisotopic (exact) mass is 208 g/mol. The molecule has 1 saturated carbocycles. The van der Waals surface area contributed by atoms with Gasteiger partial charge in [0.05, 0.1) is 0 Å². The van der Waals surface area contributed by atoms with Crippen LogP contribution in [-0.4, -0.2) is 26.8 Å². The van der Waals surface area contributed by atoms with Gasteiger partial charge in [0, 0.05) is 25.2 Å². The highest BCUT2D eigenvalue weighted by molar-refractivity contribution is 5.86. The normalized spacial score (nSPS) is 20.1. The van der Waals surface area contributed by atoms with Crippen molar-refractivity contribution in [3.63, 3.8) is 0 Å². The number of aliphatic carboxylic acids is 1. The van der Waals surface area contributed by atoms with Crippen LogP contribution >= 0.6 is 0 Å². The molecule has 1 heterocycles. The zero-order chi connectivity index (χ0) is 10.9. The van der Waals surface area contributed by atoms with E-state index in [1.165, 1.54) is 6.20 Å². The Hall–Kier alpha value is -1.65. The SMILES string of the molecule is O=C1CCC(C(=O)O)(c2ncc[nH]2)CC1. The van der Waals surface area contributed by atoms with Crippen LogP contribution in [0.5, 0.6) is 0 Å². The second-order valence-corrected chi connectivity index (χ2v) is 3.86. The fourth-order valence-corrected chi connectivity index (χ4v) is 2.03. The van der Waals surface area contributed by atoms with Gasteiger partial charge in [0.25, 0.3) is 0 Å². The third kappa shape index (κ3) is 1.54. The number of carbonyl (C=O) groups is 2. The average molecular weight is 208 g/mol. The maximum Gasteiger partial charge on any atom is 0.317 e. The number of Topliss-reactive ketones (excluding diaryl/α,β-unsaturated/α-hetero) is 1. The van der Waals surface area contributed by atoms with Gasteiger partial charge >= 0.3 is 5.97 Å². The lowest BCUT2D eigenvalue weighted by Crippen LogP contribution is -2.40. The highest BCUT2D eigenvalue weighted by Crippen LogP contribution is 2.36. The minimum Gasteiger partial charge on any atom is -0.480 e. The molecular formula is C10H12N2O3. The second kappa shape index (κ2) is 3.49. The van der Waals surface area contributed by atoms with Crippen LogP contribution in [0.25, 0.3) is 0 Å². The molecule has 5 heteroatoms. The van der Waals surface area contributed by atoms with Crippen molar-refractivity contribution >= 4 is 11.8 Å². The van der Waals surface area contributed by atoms with Gasteiger partial charge in [-0.1, -0.05) is 0 Å². The van der Waals surface area contributed by atoms with E-state index >= 15 is 0 Å². The van der Waals surface area contributed by atoms with Crippen molar-refractivity contribution in [1.29, 1.82) is 0 Å². The lowest BCUT2D eigenvalue weighted by Gasteiger charge is -2.30. The molecule has 0 atom stereocenters. The molecule has 15 heavy (non-hydrogen) atoms. The Kier molecular flexibility index (Phi) is 2.30. The Bertz CT molecular complexity index is 373. The number of hydrogen-bond donors (Lipinski definition) is 2. The van der Waals surface area contributed by atoms with Gasteiger partial charge in [0.15, 0.2) is 0 Å². The topological polar surface area (TPSA) is 83.1 Å². The van der Waals surface area contributed by atoms with Gasteiger partial charge < -0.3 is 10.1 Å². The van der Waals surface area contributed by atoms with Crippen LogP contribution in [0, 0.1) is 0 Å². The molecule has 1 aromatic rings. The van der Waals surface area contributed by atoms with E-state index in [2.05, 4.69) is 9.97 Å². The number of H-pyrrole nitrogens is 1. The number of nitrogens with zero attached hydrogens (tertiary/aromatic N) is 1. The predicted octanol–water partition coefficient (Wildman–Crippen LogP) is 0.875. The first-order valence-corrected chi connectivity index (χ1v) is 4.90. The Morgan fingerprint density at radius 2 is 2.13 bits per heavy atom. The van der Waals surface area contributed by atoms with E-state index in [4.69, 9.17) is 0 Å². The average Bonchev–Trinajstić information content (AvgIpc) is 2.72. The molecule has 0 aliphatic heterocycles. The van der Waals surface area contributed by atoms with Crippen molar-refractivity contribution in [3.8, 4) is 0 Å². The Balaban J connectivity index is 2.34. The van der Waals surface area contributed by atoms with E-state index in [1.54, 1.807) is 6.20 Å². The van der Waals surface area contributed by atoms with E-state index in [1.807, 2.05) is 0 Å². The summed E-state index contributed by atoms with van der Waals surface area (Å²) in [6.45, 7) is 0. The first kappa shape index (κ1) is 9.89. The van der Waals surface area contributed by atoms with E-state index < -0.39 is 11.4 Å². The van der Waals surface area contributed by atoms with Gasteiger partial charge in [0.2, 0.25) is 0 Å². The van der Waals surface area contributed by atoms with Crippen molar-refractivity contribution in [2.24, 2.45) is 0 Å². The molecule has 0 aromatic carbocycles. The van der Waals surface area contributed by atoms with E-state index in [-0.39, 0.29) is 5.78 Å². The van der Waals surface area contributed by atoms with Crippen LogP contribution < -0.4 is 0 Å². The Morgan fingerprint density at radius 3 is 2.60 bits per heavy atom. The summed E-state index contributed by atoms with van der Waals surface area (Å²) < 4.78 is 0. The number of rotatable bonds is 2. The molecule has 0 spiro atoms. The van der Waals surface area contributed by atoms with Crippen molar-refractivity contribution < 1.29 is 14.7 Å². The van der Waals surface area contributed by atoms with E-state index in [0.717, 1.165) is 0 Å². The quantitative estimate of drug-likeness (QED) is 0.755. The fourth-order valence-electron chi connectivity index (χ4n) is 2.03. The lowest BCUT2D eigenvalue weighted by atomic mass is 9.73. The van der Waals surface area contributed by atoms with Gasteiger partial charge in [-0.15, -0.1) is 0 Å². The van der Waals surface area contributed by atoms with Crippen LogP contribution in [0.2, 0.25) is 0 Å². The summed E-state index contributed by atoms with van der Waals surface area (Å²) in [4.78, 5) is 29.3. The van der Waals surface area contributed by atoms with Crippen LogP contribution in [0.1, 0.15) is 31.5 Å². The number of aromatic amines is 1. The first-order valence-electron chi connectivity index (χ1n) is 4.90.